The van der Waals surface area contributed by atoms with E-state index in [1.54, 1.807) is 3.93 Å². The summed E-state index contributed by atoms with van der Waals surface area (Å²) in [5.41, 5.74) is 0. The van der Waals surface area contributed by atoms with Crippen LogP contribution >= 0.6 is 16.1 Å². The van der Waals surface area contributed by atoms with Crippen LogP contribution in [-0.2, 0) is 4.79 Å². The zero-order chi connectivity index (χ0) is 5.28. The molecule has 0 aromatic heterocycles. The van der Waals surface area contributed by atoms with Gasteiger partial charge in [0.1, 0.15) is 0 Å². The van der Waals surface area contributed by atoms with Gasteiger partial charge in [0.05, 0.1) is 13.2 Å². The van der Waals surface area contributed by atoms with Crippen LogP contribution in [0.2, 0.25) is 0 Å². The molecule has 1 aliphatic rings. The molecule has 1 heterocycles. The van der Waals surface area contributed by atoms with Gasteiger partial charge in [-0.15, -0.1) is 0 Å². The Kier molecular flexibility index (Phi) is 1.30. The van der Waals surface area contributed by atoms with Crippen LogP contribution in [0.25, 0.3) is 0 Å². The smallest absolute Gasteiger partial charge is 0.236 e. The van der Waals surface area contributed by atoms with Crippen LogP contribution in [0.15, 0.2) is 0 Å². The van der Waals surface area contributed by atoms with E-state index in [0.717, 1.165) is 0 Å². The molecule has 0 radical (unpaired) electrons. The summed E-state index contributed by atoms with van der Waals surface area (Å²) >= 11 is 3.13. The van der Waals surface area contributed by atoms with Gasteiger partial charge in [-0.2, -0.15) is 0 Å². The first kappa shape index (κ1) is 5.05. The highest BCUT2D eigenvalue weighted by molar-refractivity contribution is 9.07. The molecule has 0 aromatic rings. The number of carbonyl (C=O) groups excluding carboxylic acids is 1. The quantitative estimate of drug-likeness (QED) is 0.499. The van der Waals surface area contributed by atoms with Gasteiger partial charge in [0.25, 0.3) is 0 Å². The average molecular weight is 165 g/mol. The number of hydrogen-bond donors (Lipinski definition) is 1. The second kappa shape index (κ2) is 1.79. The van der Waals surface area contributed by atoms with Crippen LogP contribution in [0.3, 0.4) is 0 Å². The summed E-state index contributed by atoms with van der Waals surface area (Å²) in [5.74, 6) is 0.0804. The van der Waals surface area contributed by atoms with E-state index < -0.39 is 0 Å². The van der Waals surface area contributed by atoms with E-state index in [1.165, 1.54) is 0 Å². The first-order valence-electron chi connectivity index (χ1n) is 1.96. The fourth-order valence-electron chi connectivity index (χ4n) is 0.442. The van der Waals surface area contributed by atoms with Gasteiger partial charge >= 0.3 is 0 Å². The van der Waals surface area contributed by atoms with Crippen molar-refractivity contribution in [1.29, 1.82) is 0 Å². The minimum absolute atomic E-state index is 0.0804. The summed E-state index contributed by atoms with van der Waals surface area (Å²) < 4.78 is 1.73. The number of halogens is 1. The Labute approximate surface area is 50.0 Å². The first-order valence-corrected chi connectivity index (χ1v) is 2.67. The topological polar surface area (TPSA) is 32.3 Å². The Morgan fingerprint density at radius 2 is 2.57 bits per heavy atom. The molecule has 0 saturated carbocycles. The van der Waals surface area contributed by atoms with Crippen LogP contribution < -0.4 is 5.32 Å². The van der Waals surface area contributed by atoms with Crippen LogP contribution in [-0.4, -0.2) is 23.0 Å². The summed E-state index contributed by atoms with van der Waals surface area (Å²) in [4.78, 5) is 10.3. The van der Waals surface area contributed by atoms with Crippen LogP contribution in [0.1, 0.15) is 0 Å². The Morgan fingerprint density at radius 3 is 2.71 bits per heavy atom. The number of amides is 1. The summed E-state index contributed by atoms with van der Waals surface area (Å²) in [7, 11) is 0. The van der Waals surface area contributed by atoms with Gasteiger partial charge in [0, 0.05) is 16.1 Å². The van der Waals surface area contributed by atoms with E-state index in [-0.39, 0.29) is 5.91 Å². The van der Waals surface area contributed by atoms with Gasteiger partial charge in [-0.1, -0.05) is 0 Å². The van der Waals surface area contributed by atoms with E-state index >= 15 is 0 Å². The van der Waals surface area contributed by atoms with Crippen LogP contribution in [0, 0.1) is 0 Å². The predicted molar refractivity (Wildman–Crippen MR) is 28.6 cm³/mol. The molecule has 1 saturated heterocycles. The normalized spacial score (nSPS) is 22.7. The molecule has 40 valence electrons. The second-order valence-corrected chi connectivity index (χ2v) is 2.38. The minimum Gasteiger partial charge on any atom is -0.341 e. The van der Waals surface area contributed by atoms with Crippen molar-refractivity contribution < 1.29 is 4.79 Å². The lowest BCUT2D eigenvalue weighted by Gasteiger charge is -1.94. The van der Waals surface area contributed by atoms with E-state index in [4.69, 9.17) is 0 Å². The molecule has 0 spiro atoms. The van der Waals surface area contributed by atoms with Crippen molar-refractivity contribution >= 4 is 22.1 Å². The van der Waals surface area contributed by atoms with Crippen molar-refractivity contribution in [3.8, 4) is 0 Å². The molecule has 1 aliphatic heterocycles. The molecule has 0 unspecified atom stereocenters. The van der Waals surface area contributed by atoms with Gasteiger partial charge in [-0.3, -0.25) is 4.79 Å². The van der Waals surface area contributed by atoms with Crippen molar-refractivity contribution in [2.24, 2.45) is 0 Å². The largest absolute Gasteiger partial charge is 0.341 e. The molecule has 4 heteroatoms. The molecule has 1 rings (SSSR count). The number of hydrogen-bond acceptors (Lipinski definition) is 2. The van der Waals surface area contributed by atoms with Crippen molar-refractivity contribution in [3.63, 3.8) is 0 Å². The van der Waals surface area contributed by atoms with Crippen molar-refractivity contribution in [2.45, 2.75) is 0 Å². The predicted octanol–water partition coefficient (Wildman–Crippen LogP) is -0.314. The monoisotopic (exact) mass is 164 g/mol. The van der Waals surface area contributed by atoms with Crippen LogP contribution in [0.5, 0.6) is 0 Å². The van der Waals surface area contributed by atoms with Crippen molar-refractivity contribution in [3.05, 3.63) is 0 Å². The third-order valence-electron chi connectivity index (χ3n) is 0.763. The maximum Gasteiger partial charge on any atom is 0.236 e. The zero-order valence-electron chi connectivity index (χ0n) is 3.65. The lowest BCUT2D eigenvalue weighted by atomic mass is 10.7. The van der Waals surface area contributed by atoms with Crippen molar-refractivity contribution in [1.82, 2.24) is 9.24 Å². The lowest BCUT2D eigenvalue weighted by Crippen LogP contribution is -2.14. The van der Waals surface area contributed by atoms with Gasteiger partial charge in [-0.05, 0) is 0 Å². The van der Waals surface area contributed by atoms with E-state index in [1.807, 2.05) is 0 Å². The molecule has 0 aromatic carbocycles. The highest BCUT2D eigenvalue weighted by Crippen LogP contribution is 1.98. The van der Waals surface area contributed by atoms with Crippen LogP contribution in [0.4, 0.5) is 0 Å². The summed E-state index contributed by atoms with van der Waals surface area (Å²) in [6, 6.07) is 0. The Hall–Kier alpha value is -0.0900. The van der Waals surface area contributed by atoms with Gasteiger partial charge in [-0.25, -0.2) is 3.93 Å². The fraction of sp³-hybridized carbons (Fsp3) is 0.667. The molecule has 1 amide bonds. The molecule has 0 aliphatic carbocycles. The molecule has 3 nitrogen and oxygen atoms in total. The molecule has 1 fully saturated rings. The second-order valence-electron chi connectivity index (χ2n) is 1.38. The zero-order valence-corrected chi connectivity index (χ0v) is 5.23. The minimum atomic E-state index is 0.0804. The first-order chi connectivity index (χ1) is 3.29. The highest BCUT2D eigenvalue weighted by Gasteiger charge is 2.14. The molecule has 1 N–H and O–H groups in total. The van der Waals surface area contributed by atoms with Crippen molar-refractivity contribution in [2.75, 3.05) is 13.2 Å². The average Bonchev–Trinajstić information content (AvgIpc) is 1.87. The molecule has 0 bridgehead atoms. The Bertz CT molecular complexity index is 94.9. The molecular weight excluding hydrogens is 160 g/mol. The van der Waals surface area contributed by atoms with E-state index in [2.05, 4.69) is 21.5 Å². The Balaban J connectivity index is 2.40. The van der Waals surface area contributed by atoms with Gasteiger partial charge in [0.2, 0.25) is 5.91 Å². The van der Waals surface area contributed by atoms with Gasteiger partial charge in [0.15, 0.2) is 0 Å². The molecule has 7 heavy (non-hydrogen) atoms. The third kappa shape index (κ3) is 1.14. The van der Waals surface area contributed by atoms with E-state index in [9.17, 15) is 4.79 Å². The summed E-state index contributed by atoms with van der Waals surface area (Å²) in [5, 5.41) is 2.61. The summed E-state index contributed by atoms with van der Waals surface area (Å²) in [6.45, 7) is 1.10. The third-order valence-corrected chi connectivity index (χ3v) is 1.26. The van der Waals surface area contributed by atoms with Gasteiger partial charge < -0.3 is 5.32 Å². The maximum atomic E-state index is 10.3. The number of nitrogens with zero attached hydrogens (tertiary/aromatic N) is 1. The fourth-order valence-corrected chi connectivity index (χ4v) is 0.795. The standard InChI is InChI=1S/C3H5BrN2O/c4-6-1-3(7)5-2-6/h1-2H2,(H,5,7). The maximum absolute atomic E-state index is 10.3. The van der Waals surface area contributed by atoms with E-state index in [0.29, 0.717) is 13.2 Å². The molecule has 0 atom stereocenters. The SMILES string of the molecule is O=C1CN(Br)CN1. The summed E-state index contributed by atoms with van der Waals surface area (Å²) in [6.07, 6.45) is 0. The molecular formula is C3H5BrN2O. The highest BCUT2D eigenvalue weighted by atomic mass is 79.9. The Morgan fingerprint density at radius 1 is 1.86 bits per heavy atom. The number of carbonyl (C=O) groups is 1. The number of nitrogens with one attached hydrogen (secondary N) is 1. The number of rotatable bonds is 0. The lowest BCUT2D eigenvalue weighted by molar-refractivity contribution is -0.118.